The van der Waals surface area contributed by atoms with Crippen LogP contribution in [0.2, 0.25) is 0 Å². The van der Waals surface area contributed by atoms with Crippen LogP contribution in [0.15, 0.2) is 22.6 Å². The maximum Gasteiger partial charge on any atom is 0.214 e. The molecule has 0 aliphatic rings. The third-order valence-electron chi connectivity index (χ3n) is 3.53. The number of para-hydroxylation sites is 1. The van der Waals surface area contributed by atoms with Crippen LogP contribution in [-0.2, 0) is 12.4 Å². The lowest BCUT2D eigenvalue weighted by atomic mass is 10.3. The standard InChI is InChI=1S/C15H16ClN3O2/c1-9-10(2)21-14(17-9)8-19-11-5-4-6-12(20-3)15(11)18-13(19)7-16/h4-6H,7-8H2,1-3H3. The smallest absolute Gasteiger partial charge is 0.214 e. The van der Waals surface area contributed by atoms with Crippen LogP contribution in [0, 0.1) is 13.8 Å². The molecular formula is C15H16ClN3O2. The fourth-order valence-corrected chi connectivity index (χ4v) is 2.56. The molecule has 0 saturated heterocycles. The summed E-state index contributed by atoms with van der Waals surface area (Å²) < 4.78 is 13.0. The summed E-state index contributed by atoms with van der Waals surface area (Å²) >= 11 is 6.03. The minimum absolute atomic E-state index is 0.316. The molecule has 3 rings (SSSR count). The molecule has 0 fully saturated rings. The molecule has 0 N–H and O–H groups in total. The van der Waals surface area contributed by atoms with Gasteiger partial charge in [-0.05, 0) is 26.0 Å². The molecule has 0 aliphatic carbocycles. The normalized spacial score (nSPS) is 11.2. The van der Waals surface area contributed by atoms with E-state index in [0.717, 1.165) is 34.1 Å². The van der Waals surface area contributed by atoms with E-state index >= 15 is 0 Å². The molecule has 0 amide bonds. The Morgan fingerprint density at radius 3 is 2.71 bits per heavy atom. The molecule has 5 nitrogen and oxygen atoms in total. The average Bonchev–Trinajstić information content (AvgIpc) is 3.00. The molecule has 3 aromatic rings. The van der Waals surface area contributed by atoms with Gasteiger partial charge < -0.3 is 13.7 Å². The van der Waals surface area contributed by atoms with Crippen LogP contribution < -0.4 is 4.74 Å². The molecule has 0 bridgehead atoms. The van der Waals surface area contributed by atoms with Gasteiger partial charge in [-0.3, -0.25) is 0 Å². The first-order chi connectivity index (χ1) is 10.1. The van der Waals surface area contributed by atoms with Gasteiger partial charge in [0.15, 0.2) is 0 Å². The number of hydrogen-bond acceptors (Lipinski definition) is 4. The Morgan fingerprint density at radius 1 is 1.29 bits per heavy atom. The Kier molecular flexibility index (Phi) is 3.59. The van der Waals surface area contributed by atoms with E-state index in [9.17, 15) is 0 Å². The lowest BCUT2D eigenvalue weighted by Gasteiger charge is -2.05. The Hall–Kier alpha value is -2.01. The van der Waals surface area contributed by atoms with Crippen molar-refractivity contribution in [3.63, 3.8) is 0 Å². The van der Waals surface area contributed by atoms with Gasteiger partial charge in [0.05, 0.1) is 24.2 Å². The van der Waals surface area contributed by atoms with Crippen LogP contribution in [0.1, 0.15) is 23.2 Å². The number of ether oxygens (including phenoxy) is 1. The molecule has 0 unspecified atom stereocenters. The molecule has 0 spiro atoms. The van der Waals surface area contributed by atoms with Crippen molar-refractivity contribution >= 4 is 22.6 Å². The number of aromatic nitrogens is 3. The van der Waals surface area contributed by atoms with E-state index in [-0.39, 0.29) is 0 Å². The van der Waals surface area contributed by atoms with Gasteiger partial charge >= 0.3 is 0 Å². The molecule has 2 aromatic heterocycles. The quantitative estimate of drug-likeness (QED) is 0.693. The highest BCUT2D eigenvalue weighted by Gasteiger charge is 2.16. The largest absolute Gasteiger partial charge is 0.494 e. The summed E-state index contributed by atoms with van der Waals surface area (Å²) in [5, 5.41) is 0. The summed E-state index contributed by atoms with van der Waals surface area (Å²) in [5.74, 6) is 3.30. The van der Waals surface area contributed by atoms with Gasteiger partial charge in [0.25, 0.3) is 0 Å². The van der Waals surface area contributed by atoms with Gasteiger partial charge in [0.2, 0.25) is 5.89 Å². The van der Waals surface area contributed by atoms with E-state index in [1.165, 1.54) is 0 Å². The minimum Gasteiger partial charge on any atom is -0.494 e. The van der Waals surface area contributed by atoms with Crippen molar-refractivity contribution in [2.45, 2.75) is 26.3 Å². The molecule has 2 heterocycles. The Balaban J connectivity index is 2.12. The molecule has 0 atom stereocenters. The predicted molar refractivity (Wildman–Crippen MR) is 80.9 cm³/mol. The highest BCUT2D eigenvalue weighted by molar-refractivity contribution is 6.16. The fraction of sp³-hybridized carbons (Fsp3) is 0.333. The average molecular weight is 306 g/mol. The van der Waals surface area contributed by atoms with Crippen molar-refractivity contribution in [1.82, 2.24) is 14.5 Å². The zero-order valence-corrected chi connectivity index (χ0v) is 12.9. The van der Waals surface area contributed by atoms with Crippen molar-refractivity contribution in [3.05, 3.63) is 41.4 Å². The van der Waals surface area contributed by atoms with Gasteiger partial charge in [-0.15, -0.1) is 11.6 Å². The lowest BCUT2D eigenvalue weighted by molar-refractivity contribution is 0.419. The van der Waals surface area contributed by atoms with E-state index in [0.29, 0.717) is 18.3 Å². The number of imidazole rings is 1. The lowest BCUT2D eigenvalue weighted by Crippen LogP contribution is -2.04. The first-order valence-electron chi connectivity index (χ1n) is 6.65. The third kappa shape index (κ3) is 2.38. The van der Waals surface area contributed by atoms with Crippen LogP contribution in [0.3, 0.4) is 0 Å². The van der Waals surface area contributed by atoms with Crippen LogP contribution >= 0.6 is 11.6 Å². The maximum absolute atomic E-state index is 6.03. The van der Waals surface area contributed by atoms with E-state index in [4.69, 9.17) is 20.8 Å². The second-order valence-corrected chi connectivity index (χ2v) is 5.09. The van der Waals surface area contributed by atoms with Crippen LogP contribution in [0.4, 0.5) is 0 Å². The molecular weight excluding hydrogens is 290 g/mol. The number of aryl methyl sites for hydroxylation is 2. The second kappa shape index (κ2) is 5.41. The van der Waals surface area contributed by atoms with Crippen molar-refractivity contribution in [2.75, 3.05) is 7.11 Å². The highest BCUT2D eigenvalue weighted by Crippen LogP contribution is 2.27. The molecule has 0 radical (unpaired) electrons. The minimum atomic E-state index is 0.316. The SMILES string of the molecule is COc1cccc2c1nc(CCl)n2Cc1nc(C)c(C)o1. The molecule has 110 valence electrons. The summed E-state index contributed by atoms with van der Waals surface area (Å²) in [6.07, 6.45) is 0. The maximum atomic E-state index is 6.03. The Bertz CT molecular complexity index is 772. The number of methoxy groups -OCH3 is 1. The van der Waals surface area contributed by atoms with Gasteiger partial charge in [0.1, 0.15) is 29.4 Å². The van der Waals surface area contributed by atoms with Crippen molar-refractivity contribution in [3.8, 4) is 5.75 Å². The topological polar surface area (TPSA) is 53.1 Å². The molecule has 0 saturated carbocycles. The molecule has 1 aromatic carbocycles. The third-order valence-corrected chi connectivity index (χ3v) is 3.77. The first kappa shape index (κ1) is 13.9. The molecule has 6 heteroatoms. The predicted octanol–water partition coefficient (Wildman–Crippen LogP) is 3.44. The monoisotopic (exact) mass is 305 g/mol. The number of rotatable bonds is 4. The summed E-state index contributed by atoms with van der Waals surface area (Å²) in [7, 11) is 1.63. The number of halogens is 1. The van der Waals surface area contributed by atoms with E-state index in [1.807, 2.05) is 36.6 Å². The summed E-state index contributed by atoms with van der Waals surface area (Å²) in [5.41, 5.74) is 2.66. The zero-order valence-electron chi connectivity index (χ0n) is 12.2. The van der Waals surface area contributed by atoms with Crippen molar-refractivity contribution in [2.24, 2.45) is 0 Å². The van der Waals surface area contributed by atoms with Gasteiger partial charge in [-0.2, -0.15) is 0 Å². The summed E-state index contributed by atoms with van der Waals surface area (Å²) in [6.45, 7) is 4.34. The number of benzene rings is 1. The Labute approximate surface area is 127 Å². The number of nitrogens with zero attached hydrogens (tertiary/aromatic N) is 3. The number of alkyl halides is 1. The first-order valence-corrected chi connectivity index (χ1v) is 7.18. The summed E-state index contributed by atoms with van der Waals surface area (Å²) in [6, 6.07) is 5.81. The van der Waals surface area contributed by atoms with Crippen LogP contribution in [-0.4, -0.2) is 21.6 Å². The fourth-order valence-electron chi connectivity index (χ4n) is 2.35. The number of hydrogen-bond donors (Lipinski definition) is 0. The second-order valence-electron chi connectivity index (χ2n) is 4.83. The molecule has 0 aliphatic heterocycles. The van der Waals surface area contributed by atoms with E-state index < -0.39 is 0 Å². The number of fused-ring (bicyclic) bond motifs is 1. The number of oxazole rings is 1. The highest BCUT2D eigenvalue weighted by atomic mass is 35.5. The van der Waals surface area contributed by atoms with Crippen LogP contribution in [0.25, 0.3) is 11.0 Å². The van der Waals surface area contributed by atoms with Crippen LogP contribution in [0.5, 0.6) is 5.75 Å². The van der Waals surface area contributed by atoms with Gasteiger partial charge in [-0.1, -0.05) is 6.07 Å². The Morgan fingerprint density at radius 2 is 2.10 bits per heavy atom. The molecule has 21 heavy (non-hydrogen) atoms. The zero-order chi connectivity index (χ0) is 15.0. The van der Waals surface area contributed by atoms with Crippen molar-refractivity contribution in [1.29, 1.82) is 0 Å². The summed E-state index contributed by atoms with van der Waals surface area (Å²) in [4.78, 5) is 8.98. The van der Waals surface area contributed by atoms with E-state index in [1.54, 1.807) is 7.11 Å². The van der Waals surface area contributed by atoms with E-state index in [2.05, 4.69) is 9.97 Å². The van der Waals surface area contributed by atoms with Gasteiger partial charge in [0, 0.05) is 0 Å². The van der Waals surface area contributed by atoms with Gasteiger partial charge in [-0.25, -0.2) is 9.97 Å². The van der Waals surface area contributed by atoms with Crippen molar-refractivity contribution < 1.29 is 9.15 Å².